The Hall–Kier alpha value is -3.32. The molecule has 3 aromatic rings. The third kappa shape index (κ3) is 4.52. The van der Waals surface area contributed by atoms with Crippen molar-refractivity contribution in [2.24, 2.45) is 10.6 Å². The number of rotatable bonds is 8. The molecule has 1 aromatic heterocycles. The molecule has 1 unspecified atom stereocenters. The van der Waals surface area contributed by atoms with E-state index < -0.39 is 5.72 Å². The summed E-state index contributed by atoms with van der Waals surface area (Å²) < 4.78 is 21.2. The predicted molar refractivity (Wildman–Crippen MR) is 135 cm³/mol. The van der Waals surface area contributed by atoms with E-state index in [9.17, 15) is 4.39 Å². The molecule has 1 saturated carbocycles. The molecule has 2 aromatic carbocycles. The molecule has 2 aliphatic rings. The third-order valence-corrected chi connectivity index (χ3v) is 7.41. The summed E-state index contributed by atoms with van der Waals surface area (Å²) in [4.78, 5) is 12.4. The normalized spacial score (nSPS) is 20.7. The van der Waals surface area contributed by atoms with E-state index in [4.69, 9.17) is 21.2 Å². The number of aromatic nitrogens is 2. The van der Waals surface area contributed by atoms with Gasteiger partial charge in [0.2, 0.25) is 5.72 Å². The van der Waals surface area contributed by atoms with Gasteiger partial charge in [-0.3, -0.25) is 0 Å². The molecule has 8 heteroatoms. The molecule has 6 nitrogen and oxygen atoms in total. The number of benzene rings is 2. The van der Waals surface area contributed by atoms with Crippen LogP contribution in [-0.2, 0) is 10.6 Å². The number of ether oxygens (including phenoxy) is 1. The highest BCUT2D eigenvalue weighted by atomic mass is 35.5. The topological polar surface area (TPSA) is 51.9 Å². The van der Waals surface area contributed by atoms with E-state index in [0.29, 0.717) is 18.3 Å². The number of nitrogens with zero attached hydrogens (tertiary/aromatic N) is 4. The minimum Gasteiger partial charge on any atom is -0.495 e. The monoisotopic (exact) mass is 494 g/mol. The van der Waals surface area contributed by atoms with Crippen molar-refractivity contribution < 1.29 is 14.0 Å². The largest absolute Gasteiger partial charge is 0.495 e. The van der Waals surface area contributed by atoms with Crippen molar-refractivity contribution in [1.29, 1.82) is 0 Å². The van der Waals surface area contributed by atoms with Gasteiger partial charge >= 0.3 is 0 Å². The second kappa shape index (κ2) is 9.04. The molecule has 1 fully saturated rings. The van der Waals surface area contributed by atoms with Gasteiger partial charge in [-0.25, -0.2) is 9.37 Å². The van der Waals surface area contributed by atoms with Crippen LogP contribution in [0.15, 0.2) is 66.2 Å². The summed E-state index contributed by atoms with van der Waals surface area (Å²) in [6.45, 7) is 4.61. The van der Waals surface area contributed by atoms with Gasteiger partial charge in [0.15, 0.2) is 5.84 Å². The van der Waals surface area contributed by atoms with E-state index in [-0.39, 0.29) is 11.2 Å². The number of aryl methyl sites for hydroxylation is 1. The summed E-state index contributed by atoms with van der Waals surface area (Å²) in [5.41, 5.74) is 2.83. The van der Waals surface area contributed by atoms with Crippen LogP contribution >= 0.6 is 11.6 Å². The zero-order valence-electron chi connectivity index (χ0n) is 20.0. The number of alkyl halides is 1. The van der Waals surface area contributed by atoms with Gasteiger partial charge in [0.05, 0.1) is 24.8 Å². The van der Waals surface area contributed by atoms with E-state index in [1.165, 1.54) is 12.1 Å². The Kier molecular flexibility index (Phi) is 6.05. The highest BCUT2D eigenvalue weighted by molar-refractivity contribution is 6.18. The molecular formula is C27H28ClFN4O2. The molecule has 0 amide bonds. The van der Waals surface area contributed by atoms with Crippen molar-refractivity contribution >= 4 is 23.5 Å². The van der Waals surface area contributed by atoms with Crippen molar-refractivity contribution in [3.05, 3.63) is 83.7 Å². The zero-order valence-corrected chi connectivity index (χ0v) is 20.8. The Morgan fingerprint density at radius 2 is 1.94 bits per heavy atom. The number of oxime groups is 1. The molecule has 0 N–H and O–H groups in total. The van der Waals surface area contributed by atoms with Crippen molar-refractivity contribution in [3.63, 3.8) is 0 Å². The lowest BCUT2D eigenvalue weighted by Crippen LogP contribution is -2.46. The van der Waals surface area contributed by atoms with E-state index in [2.05, 4.69) is 15.0 Å². The summed E-state index contributed by atoms with van der Waals surface area (Å²) in [7, 11) is 1.65. The minimum atomic E-state index is -0.851. The lowest BCUT2D eigenvalue weighted by atomic mass is 9.99. The van der Waals surface area contributed by atoms with Crippen LogP contribution in [0.2, 0.25) is 0 Å². The fourth-order valence-corrected chi connectivity index (χ4v) is 4.71. The fourth-order valence-electron chi connectivity index (χ4n) is 4.35. The zero-order chi connectivity index (χ0) is 24.6. The second-order valence-corrected chi connectivity index (χ2v) is 9.70. The Balaban J connectivity index is 1.43. The maximum Gasteiger partial charge on any atom is 0.234 e. The summed E-state index contributed by atoms with van der Waals surface area (Å²) in [6.07, 6.45) is 9.78. The van der Waals surface area contributed by atoms with Gasteiger partial charge in [0, 0.05) is 36.5 Å². The molecule has 1 aliphatic heterocycles. The van der Waals surface area contributed by atoms with Crippen molar-refractivity contribution in [1.82, 2.24) is 14.5 Å². The summed E-state index contributed by atoms with van der Waals surface area (Å²) >= 11 is 6.32. The highest BCUT2D eigenvalue weighted by Crippen LogP contribution is 2.50. The Labute approximate surface area is 209 Å². The Bertz CT molecular complexity index is 1280. The highest BCUT2D eigenvalue weighted by Gasteiger charge is 2.51. The van der Waals surface area contributed by atoms with Crippen molar-refractivity contribution in [3.8, 4) is 11.4 Å². The number of imidazole rings is 1. The fraction of sp³-hybridized carbons (Fsp3) is 0.333. The number of amidine groups is 1. The van der Waals surface area contributed by atoms with E-state index >= 15 is 0 Å². The molecule has 2 heterocycles. The smallest absolute Gasteiger partial charge is 0.234 e. The average molecular weight is 495 g/mol. The molecule has 0 radical (unpaired) electrons. The second-order valence-electron chi connectivity index (χ2n) is 9.44. The molecule has 5 rings (SSSR count). The van der Waals surface area contributed by atoms with E-state index in [1.807, 2.05) is 55.0 Å². The quantitative estimate of drug-likeness (QED) is 0.367. The van der Waals surface area contributed by atoms with Crippen molar-refractivity contribution in [2.45, 2.75) is 32.4 Å². The Morgan fingerprint density at radius 3 is 2.57 bits per heavy atom. The first-order valence-electron chi connectivity index (χ1n) is 11.6. The van der Waals surface area contributed by atoms with Gasteiger partial charge in [-0.05, 0) is 55.7 Å². The lowest BCUT2D eigenvalue weighted by molar-refractivity contribution is -0.0948. The van der Waals surface area contributed by atoms with Crippen LogP contribution in [0.1, 0.15) is 36.6 Å². The van der Waals surface area contributed by atoms with Crippen LogP contribution in [0.25, 0.3) is 11.8 Å². The first kappa shape index (κ1) is 23.4. The van der Waals surface area contributed by atoms with E-state index in [1.54, 1.807) is 25.6 Å². The van der Waals surface area contributed by atoms with Crippen LogP contribution in [-0.4, -0.2) is 39.8 Å². The molecular weight excluding hydrogens is 467 g/mol. The number of methoxy groups -OCH3 is 1. The minimum absolute atomic E-state index is 0.0406. The van der Waals surface area contributed by atoms with Gasteiger partial charge in [-0.1, -0.05) is 29.4 Å². The Morgan fingerprint density at radius 1 is 1.17 bits per heavy atom. The van der Waals surface area contributed by atoms with Crippen LogP contribution in [0, 0.1) is 18.2 Å². The standard InChI is InChI=1S/C27H28ClFN4O2/c1-19-15-32(18-30-19)23-10-4-20(14-24(23)34-3)5-11-25-31-35-26(2,21-6-8-22(29)9-7-21)33(25)17-27(16-28)12-13-27/h4-11,14-15,18H,12-13,16-17H2,1-3H3. The molecule has 0 spiro atoms. The molecule has 1 aliphatic carbocycles. The number of halogens is 2. The van der Waals surface area contributed by atoms with Gasteiger partial charge in [0.25, 0.3) is 0 Å². The summed E-state index contributed by atoms with van der Waals surface area (Å²) in [5.74, 6) is 1.72. The maximum atomic E-state index is 13.6. The van der Waals surface area contributed by atoms with Gasteiger partial charge in [-0.15, -0.1) is 11.6 Å². The molecule has 0 bridgehead atoms. The van der Waals surface area contributed by atoms with Gasteiger partial charge in [0.1, 0.15) is 11.6 Å². The summed E-state index contributed by atoms with van der Waals surface area (Å²) in [5, 5.41) is 4.42. The number of hydrogen-bond donors (Lipinski definition) is 0. The molecule has 1 atom stereocenters. The molecule has 35 heavy (non-hydrogen) atoms. The van der Waals surface area contributed by atoms with Crippen LogP contribution < -0.4 is 4.74 Å². The van der Waals surface area contributed by atoms with E-state index in [0.717, 1.165) is 41.1 Å². The van der Waals surface area contributed by atoms with Crippen LogP contribution in [0.5, 0.6) is 5.75 Å². The van der Waals surface area contributed by atoms with Crippen LogP contribution in [0.3, 0.4) is 0 Å². The van der Waals surface area contributed by atoms with Gasteiger partial charge in [-0.2, -0.15) is 0 Å². The van der Waals surface area contributed by atoms with Crippen molar-refractivity contribution in [2.75, 3.05) is 19.5 Å². The molecule has 0 saturated heterocycles. The van der Waals surface area contributed by atoms with Crippen LogP contribution in [0.4, 0.5) is 4.39 Å². The SMILES string of the molecule is COc1cc(C=CC2=NOC(C)(c3ccc(F)cc3)N2CC2(CCl)CC2)ccc1-n1cnc(C)c1. The van der Waals surface area contributed by atoms with Gasteiger partial charge < -0.3 is 19.0 Å². The summed E-state index contributed by atoms with van der Waals surface area (Å²) in [6, 6.07) is 12.4. The first-order chi connectivity index (χ1) is 16.9. The average Bonchev–Trinajstić information content (AvgIpc) is 3.41. The maximum absolute atomic E-state index is 13.6. The predicted octanol–water partition coefficient (Wildman–Crippen LogP) is 5.88. The molecule has 182 valence electrons. The first-order valence-corrected chi connectivity index (χ1v) is 12.1. The lowest BCUT2D eigenvalue weighted by Gasteiger charge is -2.36. The third-order valence-electron chi connectivity index (χ3n) is 6.84. The number of hydrogen-bond acceptors (Lipinski definition) is 5.